The Balaban J connectivity index is 1.81. The van der Waals surface area contributed by atoms with E-state index in [1.807, 2.05) is 20.8 Å². The summed E-state index contributed by atoms with van der Waals surface area (Å²) in [4.78, 5) is 15.1. The Morgan fingerprint density at radius 2 is 2.17 bits per heavy atom. The number of ether oxygens (including phenoxy) is 1. The maximum atomic E-state index is 11.5. The summed E-state index contributed by atoms with van der Waals surface area (Å²) < 4.78 is 5.70. The maximum absolute atomic E-state index is 11.5. The smallest absolute Gasteiger partial charge is 0.336 e. The van der Waals surface area contributed by atoms with Crippen LogP contribution in [0.3, 0.4) is 0 Å². The number of aromatic carboxylic acids is 1. The topological polar surface area (TPSA) is 93.4 Å². The summed E-state index contributed by atoms with van der Waals surface area (Å²) in [6.45, 7) is 8.14. The van der Waals surface area contributed by atoms with Gasteiger partial charge in [-0.15, -0.1) is 10.2 Å². The third-order valence-corrected chi connectivity index (χ3v) is 3.83. The Morgan fingerprint density at radius 1 is 1.38 bits per heavy atom. The fraction of sp³-hybridized carbons (Fsp3) is 0.500. The van der Waals surface area contributed by atoms with E-state index in [4.69, 9.17) is 4.74 Å². The number of tetrazole rings is 1. The van der Waals surface area contributed by atoms with Crippen molar-refractivity contribution in [3.63, 3.8) is 0 Å². The van der Waals surface area contributed by atoms with Crippen molar-refractivity contribution in [1.82, 2.24) is 25.1 Å². The van der Waals surface area contributed by atoms with Crippen LogP contribution in [0.2, 0.25) is 0 Å². The Bertz CT molecular complexity index is 750. The zero-order chi connectivity index (χ0) is 17.3. The summed E-state index contributed by atoms with van der Waals surface area (Å²) >= 11 is 0. The largest absolute Gasteiger partial charge is 0.492 e. The summed E-state index contributed by atoms with van der Waals surface area (Å²) in [5.41, 5.74) is 0.729. The second kappa shape index (κ2) is 6.20. The van der Waals surface area contributed by atoms with Gasteiger partial charge < -0.3 is 9.84 Å². The fourth-order valence-corrected chi connectivity index (χ4v) is 2.58. The zero-order valence-corrected chi connectivity index (χ0v) is 14.1. The van der Waals surface area contributed by atoms with Crippen molar-refractivity contribution >= 4 is 5.97 Å². The lowest BCUT2D eigenvalue weighted by Gasteiger charge is -2.18. The highest BCUT2D eigenvalue weighted by Gasteiger charge is 2.23. The lowest BCUT2D eigenvalue weighted by molar-refractivity contribution is 0.0694. The Labute approximate surface area is 140 Å². The van der Waals surface area contributed by atoms with Gasteiger partial charge in [0.15, 0.2) is 5.82 Å². The van der Waals surface area contributed by atoms with Gasteiger partial charge in [-0.3, -0.25) is 4.90 Å². The quantitative estimate of drug-likeness (QED) is 0.911. The average Bonchev–Trinajstić information content (AvgIpc) is 2.87. The molecule has 3 rings (SSSR count). The predicted molar refractivity (Wildman–Crippen MR) is 85.8 cm³/mol. The molecule has 0 unspecified atom stereocenters. The minimum Gasteiger partial charge on any atom is -0.492 e. The summed E-state index contributed by atoms with van der Waals surface area (Å²) in [6, 6.07) is 5.11. The van der Waals surface area contributed by atoms with Crippen LogP contribution in [0, 0.1) is 0 Å². The molecule has 0 aliphatic carbocycles. The second-order valence-corrected chi connectivity index (χ2v) is 6.81. The van der Waals surface area contributed by atoms with Gasteiger partial charge in [0.2, 0.25) is 0 Å². The maximum Gasteiger partial charge on any atom is 0.336 e. The normalized spacial score (nSPS) is 15.5. The summed E-state index contributed by atoms with van der Waals surface area (Å²) in [5.74, 6) is 0.291. The molecule has 1 aliphatic heterocycles. The summed E-state index contributed by atoms with van der Waals surface area (Å²) in [6.07, 6.45) is 0. The van der Waals surface area contributed by atoms with Gasteiger partial charge in [0.05, 0.1) is 17.6 Å². The molecule has 1 aromatic heterocycles. The van der Waals surface area contributed by atoms with E-state index in [0.29, 0.717) is 43.4 Å². The van der Waals surface area contributed by atoms with Crippen LogP contribution in [0.15, 0.2) is 18.2 Å². The van der Waals surface area contributed by atoms with Crippen LogP contribution in [0.1, 0.15) is 42.5 Å². The van der Waals surface area contributed by atoms with E-state index in [-0.39, 0.29) is 11.1 Å². The molecule has 0 atom stereocenters. The molecule has 0 spiro atoms. The van der Waals surface area contributed by atoms with Crippen molar-refractivity contribution in [2.75, 3.05) is 13.2 Å². The van der Waals surface area contributed by atoms with Gasteiger partial charge in [0.1, 0.15) is 12.4 Å². The third-order valence-electron chi connectivity index (χ3n) is 3.83. The number of rotatable bonds is 3. The summed E-state index contributed by atoms with van der Waals surface area (Å²) in [7, 11) is 0. The van der Waals surface area contributed by atoms with Crippen LogP contribution in [0.25, 0.3) is 0 Å². The van der Waals surface area contributed by atoms with Crippen LogP contribution >= 0.6 is 0 Å². The molecule has 24 heavy (non-hydrogen) atoms. The van der Waals surface area contributed by atoms with Crippen molar-refractivity contribution in [3.05, 3.63) is 35.2 Å². The fourth-order valence-electron chi connectivity index (χ4n) is 2.58. The van der Waals surface area contributed by atoms with Crippen LogP contribution in [0.5, 0.6) is 5.75 Å². The molecule has 1 aromatic carbocycles. The molecule has 8 nitrogen and oxygen atoms in total. The second-order valence-electron chi connectivity index (χ2n) is 6.81. The highest BCUT2D eigenvalue weighted by atomic mass is 16.5. The molecule has 8 heteroatoms. The molecule has 2 heterocycles. The molecule has 1 N–H and O–H groups in total. The van der Waals surface area contributed by atoms with Crippen molar-refractivity contribution < 1.29 is 14.6 Å². The Hall–Kier alpha value is -2.48. The van der Waals surface area contributed by atoms with E-state index in [1.54, 1.807) is 23.0 Å². The number of hydrogen-bond donors (Lipinski definition) is 1. The molecular weight excluding hydrogens is 310 g/mol. The van der Waals surface area contributed by atoms with Crippen molar-refractivity contribution in [2.24, 2.45) is 0 Å². The molecule has 0 saturated carbocycles. The number of carboxylic acid groups (broad SMARTS) is 1. The number of carboxylic acids is 1. The number of hydrogen-bond acceptors (Lipinski definition) is 6. The van der Waals surface area contributed by atoms with Gasteiger partial charge in [-0.1, -0.05) is 6.07 Å². The van der Waals surface area contributed by atoms with Crippen LogP contribution in [-0.2, 0) is 18.6 Å². The highest BCUT2D eigenvalue weighted by Crippen LogP contribution is 2.27. The predicted octanol–water partition coefficient (Wildman–Crippen LogP) is 1.52. The van der Waals surface area contributed by atoms with Crippen LogP contribution in [-0.4, -0.2) is 49.3 Å². The van der Waals surface area contributed by atoms with E-state index in [9.17, 15) is 9.90 Å². The first-order chi connectivity index (χ1) is 11.3. The first-order valence-electron chi connectivity index (χ1n) is 7.84. The van der Waals surface area contributed by atoms with Gasteiger partial charge in [-0.2, -0.15) is 4.80 Å². The molecule has 0 radical (unpaired) electrons. The van der Waals surface area contributed by atoms with Gasteiger partial charge in [0, 0.05) is 18.7 Å². The van der Waals surface area contributed by atoms with Crippen molar-refractivity contribution in [3.8, 4) is 5.75 Å². The Kier molecular flexibility index (Phi) is 4.23. The molecular formula is C16H21N5O3. The Morgan fingerprint density at radius 3 is 2.83 bits per heavy atom. The van der Waals surface area contributed by atoms with Crippen molar-refractivity contribution in [2.45, 2.75) is 39.4 Å². The van der Waals surface area contributed by atoms with Gasteiger partial charge in [-0.05, 0) is 38.1 Å². The van der Waals surface area contributed by atoms with E-state index in [0.717, 1.165) is 0 Å². The SMILES string of the molecule is CC(C)(C)n1nnc(CN2CCOc3cccc(C(=O)O)c3C2)n1. The molecule has 128 valence electrons. The minimum absolute atomic E-state index is 0.226. The van der Waals surface area contributed by atoms with E-state index >= 15 is 0 Å². The lowest BCUT2D eigenvalue weighted by atomic mass is 10.1. The minimum atomic E-state index is -0.950. The van der Waals surface area contributed by atoms with Crippen LogP contribution in [0.4, 0.5) is 0 Å². The van der Waals surface area contributed by atoms with Gasteiger partial charge in [-0.25, -0.2) is 4.79 Å². The lowest BCUT2D eigenvalue weighted by Crippen LogP contribution is -2.27. The van der Waals surface area contributed by atoms with Crippen LogP contribution < -0.4 is 4.74 Å². The number of aromatic nitrogens is 4. The summed E-state index contributed by atoms with van der Waals surface area (Å²) in [5, 5.41) is 22.0. The molecule has 0 fully saturated rings. The number of fused-ring (bicyclic) bond motifs is 1. The molecule has 0 bridgehead atoms. The average molecular weight is 331 g/mol. The number of carbonyl (C=O) groups is 1. The monoisotopic (exact) mass is 331 g/mol. The van der Waals surface area contributed by atoms with Crippen molar-refractivity contribution in [1.29, 1.82) is 0 Å². The number of nitrogens with zero attached hydrogens (tertiary/aromatic N) is 5. The molecule has 0 saturated heterocycles. The molecule has 2 aromatic rings. The third kappa shape index (κ3) is 3.38. The van der Waals surface area contributed by atoms with Gasteiger partial charge in [0.25, 0.3) is 0 Å². The number of benzene rings is 1. The molecule has 1 aliphatic rings. The van der Waals surface area contributed by atoms with E-state index < -0.39 is 5.97 Å². The first-order valence-corrected chi connectivity index (χ1v) is 7.84. The van der Waals surface area contributed by atoms with E-state index in [1.165, 1.54) is 0 Å². The highest BCUT2D eigenvalue weighted by molar-refractivity contribution is 5.90. The van der Waals surface area contributed by atoms with E-state index in [2.05, 4.69) is 20.3 Å². The zero-order valence-electron chi connectivity index (χ0n) is 14.1. The van der Waals surface area contributed by atoms with Gasteiger partial charge >= 0.3 is 5.97 Å². The molecule has 0 amide bonds. The first kappa shape index (κ1) is 16.4. The standard InChI is InChI=1S/C16H21N5O3/c1-16(2,3)21-18-14(17-19-21)10-20-7-8-24-13-6-4-5-11(15(22)23)12(13)9-20/h4-6H,7-10H2,1-3H3,(H,22,23).